The van der Waals surface area contributed by atoms with E-state index in [2.05, 4.69) is 4.90 Å². The number of ketones is 1. The van der Waals surface area contributed by atoms with Crippen molar-refractivity contribution in [1.29, 1.82) is 0 Å². The quantitative estimate of drug-likeness (QED) is 0.775. The standard InChI is InChI=1S/C17H23NO5/c1-22-13-3-4-14(16(11-13)23-2)15(19)7-10-18-8-5-12(6-9-18)17(20)21/h3-4,11-12H,5-10H2,1-2H3,(H,20,21). The molecule has 6 nitrogen and oxygen atoms in total. The van der Waals surface area contributed by atoms with Crippen molar-refractivity contribution in [3.05, 3.63) is 23.8 Å². The first-order chi connectivity index (χ1) is 11.0. The highest BCUT2D eigenvalue weighted by atomic mass is 16.5. The Morgan fingerprint density at radius 1 is 1.22 bits per heavy atom. The molecule has 2 rings (SSSR count). The molecule has 1 aliphatic rings. The van der Waals surface area contributed by atoms with Gasteiger partial charge in [-0.05, 0) is 38.1 Å². The van der Waals surface area contributed by atoms with E-state index in [4.69, 9.17) is 14.6 Å². The molecule has 0 atom stereocenters. The summed E-state index contributed by atoms with van der Waals surface area (Å²) >= 11 is 0. The highest BCUT2D eigenvalue weighted by Gasteiger charge is 2.24. The Bertz CT molecular complexity index is 564. The third-order valence-corrected chi connectivity index (χ3v) is 4.30. The lowest BCUT2D eigenvalue weighted by Gasteiger charge is -2.29. The second-order valence-electron chi connectivity index (χ2n) is 5.69. The zero-order chi connectivity index (χ0) is 16.8. The summed E-state index contributed by atoms with van der Waals surface area (Å²) in [4.78, 5) is 25.5. The zero-order valence-corrected chi connectivity index (χ0v) is 13.6. The lowest BCUT2D eigenvalue weighted by atomic mass is 9.97. The molecule has 0 bridgehead atoms. The van der Waals surface area contributed by atoms with E-state index in [1.165, 1.54) is 7.11 Å². The Balaban J connectivity index is 1.89. The third kappa shape index (κ3) is 4.45. The van der Waals surface area contributed by atoms with E-state index in [1.807, 2.05) is 0 Å². The maximum atomic E-state index is 12.4. The van der Waals surface area contributed by atoms with E-state index < -0.39 is 5.97 Å². The van der Waals surface area contributed by atoms with Crippen LogP contribution in [0.5, 0.6) is 11.5 Å². The van der Waals surface area contributed by atoms with Gasteiger partial charge in [-0.1, -0.05) is 0 Å². The molecule has 1 saturated heterocycles. The number of Topliss-reactive ketones (excluding diaryl/α,β-unsaturated/α-hetero) is 1. The van der Waals surface area contributed by atoms with Gasteiger partial charge >= 0.3 is 5.97 Å². The molecule has 0 radical (unpaired) electrons. The molecule has 126 valence electrons. The summed E-state index contributed by atoms with van der Waals surface area (Å²) in [5.74, 6) is 0.213. The van der Waals surface area contributed by atoms with Gasteiger partial charge in [-0.15, -0.1) is 0 Å². The summed E-state index contributed by atoms with van der Waals surface area (Å²) in [6.45, 7) is 2.09. The molecular formula is C17H23NO5. The van der Waals surface area contributed by atoms with Crippen LogP contribution < -0.4 is 9.47 Å². The number of piperidine rings is 1. The van der Waals surface area contributed by atoms with Crippen LogP contribution in [0.3, 0.4) is 0 Å². The number of benzene rings is 1. The summed E-state index contributed by atoms with van der Waals surface area (Å²) in [5, 5.41) is 8.99. The number of ether oxygens (including phenoxy) is 2. The van der Waals surface area contributed by atoms with Crippen LogP contribution in [0.15, 0.2) is 18.2 Å². The van der Waals surface area contributed by atoms with E-state index in [1.54, 1.807) is 25.3 Å². The number of nitrogens with zero attached hydrogens (tertiary/aromatic N) is 1. The Labute approximate surface area is 136 Å². The van der Waals surface area contributed by atoms with Gasteiger partial charge in [-0.25, -0.2) is 0 Å². The molecule has 0 aromatic heterocycles. The molecule has 1 heterocycles. The van der Waals surface area contributed by atoms with Gasteiger partial charge in [0.15, 0.2) is 5.78 Å². The van der Waals surface area contributed by atoms with Crippen molar-refractivity contribution < 1.29 is 24.2 Å². The van der Waals surface area contributed by atoms with Crippen LogP contribution >= 0.6 is 0 Å². The highest BCUT2D eigenvalue weighted by molar-refractivity contribution is 5.99. The number of carboxylic acids is 1. The van der Waals surface area contributed by atoms with Crippen LogP contribution in [0.1, 0.15) is 29.6 Å². The third-order valence-electron chi connectivity index (χ3n) is 4.30. The van der Waals surface area contributed by atoms with Crippen molar-refractivity contribution in [3.63, 3.8) is 0 Å². The van der Waals surface area contributed by atoms with Gasteiger partial charge in [0.1, 0.15) is 11.5 Å². The minimum Gasteiger partial charge on any atom is -0.497 e. The van der Waals surface area contributed by atoms with E-state index >= 15 is 0 Å². The Hall–Kier alpha value is -2.08. The van der Waals surface area contributed by atoms with E-state index in [9.17, 15) is 9.59 Å². The molecule has 1 N–H and O–H groups in total. The minimum atomic E-state index is -0.719. The van der Waals surface area contributed by atoms with Crippen molar-refractivity contribution >= 4 is 11.8 Å². The number of hydrogen-bond acceptors (Lipinski definition) is 5. The average Bonchev–Trinajstić information content (AvgIpc) is 2.59. The molecule has 0 spiro atoms. The first kappa shape index (κ1) is 17.3. The second-order valence-corrected chi connectivity index (χ2v) is 5.69. The number of rotatable bonds is 7. The molecule has 0 unspecified atom stereocenters. The molecule has 23 heavy (non-hydrogen) atoms. The smallest absolute Gasteiger partial charge is 0.306 e. The maximum absolute atomic E-state index is 12.4. The first-order valence-corrected chi connectivity index (χ1v) is 7.75. The number of methoxy groups -OCH3 is 2. The summed E-state index contributed by atoms with van der Waals surface area (Å²) in [6, 6.07) is 5.16. The summed E-state index contributed by atoms with van der Waals surface area (Å²) < 4.78 is 10.4. The van der Waals surface area contributed by atoms with Gasteiger partial charge in [0.25, 0.3) is 0 Å². The summed E-state index contributed by atoms with van der Waals surface area (Å²) in [5.41, 5.74) is 0.550. The zero-order valence-electron chi connectivity index (χ0n) is 13.6. The Morgan fingerprint density at radius 2 is 1.91 bits per heavy atom. The normalized spacial score (nSPS) is 16.1. The lowest BCUT2D eigenvalue weighted by Crippen LogP contribution is -2.37. The van der Waals surface area contributed by atoms with Crippen molar-refractivity contribution in [2.24, 2.45) is 5.92 Å². The van der Waals surface area contributed by atoms with Crippen molar-refractivity contribution in [2.45, 2.75) is 19.3 Å². The summed E-state index contributed by atoms with van der Waals surface area (Å²) in [7, 11) is 3.10. The molecule has 6 heteroatoms. The number of carbonyl (C=O) groups is 2. The molecule has 1 aliphatic heterocycles. The van der Waals surface area contributed by atoms with Gasteiger partial charge in [-0.3, -0.25) is 9.59 Å². The topological polar surface area (TPSA) is 76.1 Å². The van der Waals surface area contributed by atoms with E-state index in [0.717, 1.165) is 13.1 Å². The lowest BCUT2D eigenvalue weighted by molar-refractivity contribution is -0.143. The molecular weight excluding hydrogens is 298 g/mol. The molecule has 0 aliphatic carbocycles. The molecule has 1 fully saturated rings. The summed E-state index contributed by atoms with van der Waals surface area (Å²) in [6.07, 6.45) is 1.69. The molecule has 1 aromatic carbocycles. The van der Waals surface area contributed by atoms with Gasteiger partial charge < -0.3 is 19.5 Å². The van der Waals surface area contributed by atoms with Gasteiger partial charge in [-0.2, -0.15) is 0 Å². The fourth-order valence-electron chi connectivity index (χ4n) is 2.83. The van der Waals surface area contributed by atoms with Crippen LogP contribution in [-0.4, -0.2) is 55.6 Å². The fraction of sp³-hybridized carbons (Fsp3) is 0.529. The predicted molar refractivity (Wildman–Crippen MR) is 85.3 cm³/mol. The fourth-order valence-corrected chi connectivity index (χ4v) is 2.83. The Kier molecular flexibility index (Phi) is 5.98. The van der Waals surface area contributed by atoms with Crippen LogP contribution in [0.2, 0.25) is 0 Å². The maximum Gasteiger partial charge on any atom is 0.306 e. The Morgan fingerprint density at radius 3 is 2.48 bits per heavy atom. The largest absolute Gasteiger partial charge is 0.497 e. The van der Waals surface area contributed by atoms with Crippen LogP contribution in [0.25, 0.3) is 0 Å². The predicted octanol–water partition coefficient (Wildman–Crippen LogP) is 2.07. The molecule has 0 saturated carbocycles. The monoisotopic (exact) mass is 321 g/mol. The minimum absolute atomic E-state index is 0.0184. The SMILES string of the molecule is COc1ccc(C(=O)CCN2CCC(C(=O)O)CC2)c(OC)c1. The van der Waals surface area contributed by atoms with Crippen molar-refractivity contribution in [1.82, 2.24) is 4.90 Å². The second kappa shape index (κ2) is 7.97. The number of likely N-dealkylation sites (tertiary alicyclic amines) is 1. The van der Waals surface area contributed by atoms with Crippen molar-refractivity contribution in [2.75, 3.05) is 33.9 Å². The van der Waals surface area contributed by atoms with Crippen LogP contribution in [-0.2, 0) is 4.79 Å². The van der Waals surface area contributed by atoms with Gasteiger partial charge in [0, 0.05) is 19.0 Å². The average molecular weight is 321 g/mol. The highest BCUT2D eigenvalue weighted by Crippen LogP contribution is 2.26. The van der Waals surface area contributed by atoms with Gasteiger partial charge in [0.05, 0.1) is 25.7 Å². The number of carbonyl (C=O) groups excluding carboxylic acids is 1. The molecule has 1 aromatic rings. The van der Waals surface area contributed by atoms with E-state index in [-0.39, 0.29) is 11.7 Å². The van der Waals surface area contributed by atoms with Crippen LogP contribution in [0, 0.1) is 5.92 Å². The number of carboxylic acid groups (broad SMARTS) is 1. The van der Waals surface area contributed by atoms with E-state index in [0.29, 0.717) is 42.9 Å². The molecule has 0 amide bonds. The first-order valence-electron chi connectivity index (χ1n) is 7.75. The van der Waals surface area contributed by atoms with Crippen molar-refractivity contribution in [3.8, 4) is 11.5 Å². The van der Waals surface area contributed by atoms with Crippen LogP contribution in [0.4, 0.5) is 0 Å². The van der Waals surface area contributed by atoms with Gasteiger partial charge in [0.2, 0.25) is 0 Å². The number of aliphatic carboxylic acids is 1. The number of hydrogen-bond donors (Lipinski definition) is 1.